The van der Waals surface area contributed by atoms with Crippen molar-refractivity contribution in [3.63, 3.8) is 0 Å². The van der Waals surface area contributed by atoms with Gasteiger partial charge in [0.25, 0.3) is 5.91 Å². The van der Waals surface area contributed by atoms with Gasteiger partial charge in [0.1, 0.15) is 5.69 Å². The first kappa shape index (κ1) is 15.8. The molecule has 0 aliphatic carbocycles. The monoisotopic (exact) mass is 335 g/mol. The Balaban J connectivity index is 1.75. The zero-order chi connectivity index (χ0) is 17.4. The number of hydrogen-bond acceptors (Lipinski definition) is 4. The van der Waals surface area contributed by atoms with Gasteiger partial charge in [-0.2, -0.15) is 5.10 Å². The third-order valence-corrected chi connectivity index (χ3v) is 4.59. The van der Waals surface area contributed by atoms with Crippen molar-refractivity contribution in [2.75, 3.05) is 19.6 Å². The molecule has 0 radical (unpaired) electrons. The quantitative estimate of drug-likeness (QED) is 0.779. The number of nitrogens with one attached hydrogen (secondary N) is 1. The molecule has 6 nitrogen and oxygen atoms in total. The Bertz CT molecular complexity index is 918. The zero-order valence-corrected chi connectivity index (χ0v) is 14.4. The fraction of sp³-hybridized carbons (Fsp3) is 0.316. The molecule has 0 unspecified atom stereocenters. The lowest BCUT2D eigenvalue weighted by Crippen LogP contribution is -2.51. The van der Waals surface area contributed by atoms with E-state index in [0.29, 0.717) is 24.8 Å². The van der Waals surface area contributed by atoms with E-state index in [2.05, 4.69) is 22.3 Å². The molecule has 3 heterocycles. The third kappa shape index (κ3) is 2.89. The van der Waals surface area contributed by atoms with Gasteiger partial charge in [0.15, 0.2) is 5.65 Å². The third-order valence-electron chi connectivity index (χ3n) is 4.59. The number of amides is 1. The summed E-state index contributed by atoms with van der Waals surface area (Å²) in [5, 5.41) is 8.92. The molecule has 0 bridgehead atoms. The summed E-state index contributed by atoms with van der Waals surface area (Å²) in [4.78, 5) is 19.4. The van der Waals surface area contributed by atoms with Crippen molar-refractivity contribution in [2.24, 2.45) is 0 Å². The van der Waals surface area contributed by atoms with E-state index >= 15 is 0 Å². The van der Waals surface area contributed by atoms with Crippen LogP contribution < -0.4 is 5.32 Å². The van der Waals surface area contributed by atoms with E-state index in [9.17, 15) is 4.79 Å². The van der Waals surface area contributed by atoms with Crippen molar-refractivity contribution in [3.8, 4) is 5.69 Å². The highest BCUT2D eigenvalue weighted by Gasteiger charge is 2.23. The number of piperazine rings is 1. The van der Waals surface area contributed by atoms with Crippen molar-refractivity contribution < 1.29 is 4.79 Å². The average Bonchev–Trinajstić information content (AvgIpc) is 2.98. The first-order valence-corrected chi connectivity index (χ1v) is 8.58. The van der Waals surface area contributed by atoms with Crippen LogP contribution in [0.3, 0.4) is 0 Å². The zero-order valence-electron chi connectivity index (χ0n) is 14.4. The van der Waals surface area contributed by atoms with Crippen molar-refractivity contribution in [2.45, 2.75) is 19.9 Å². The van der Waals surface area contributed by atoms with Crippen molar-refractivity contribution in [3.05, 3.63) is 53.9 Å². The predicted octanol–water partition coefficient (Wildman–Crippen LogP) is 2.16. The van der Waals surface area contributed by atoms with Gasteiger partial charge in [-0.05, 0) is 38.1 Å². The van der Waals surface area contributed by atoms with E-state index in [4.69, 9.17) is 0 Å². The van der Waals surface area contributed by atoms with E-state index < -0.39 is 0 Å². The number of benzene rings is 1. The Morgan fingerprint density at radius 2 is 2.00 bits per heavy atom. The summed E-state index contributed by atoms with van der Waals surface area (Å²) in [6.45, 7) is 6.28. The van der Waals surface area contributed by atoms with Gasteiger partial charge < -0.3 is 10.2 Å². The van der Waals surface area contributed by atoms with Crippen LogP contribution in [0.4, 0.5) is 0 Å². The highest BCUT2D eigenvalue weighted by atomic mass is 16.2. The van der Waals surface area contributed by atoms with Crippen LogP contribution in [-0.2, 0) is 0 Å². The largest absolute Gasteiger partial charge is 0.334 e. The number of fused-ring (bicyclic) bond motifs is 1. The molecule has 1 aromatic carbocycles. The lowest BCUT2D eigenvalue weighted by Gasteiger charge is -2.31. The Labute approximate surface area is 146 Å². The van der Waals surface area contributed by atoms with Crippen LogP contribution in [0.15, 0.2) is 42.5 Å². The summed E-state index contributed by atoms with van der Waals surface area (Å²) in [6, 6.07) is 13.9. The smallest absolute Gasteiger partial charge is 0.272 e. The lowest BCUT2D eigenvalue weighted by molar-refractivity contribution is 0.0703. The molecule has 1 atom stereocenters. The Morgan fingerprint density at radius 3 is 2.76 bits per heavy atom. The van der Waals surface area contributed by atoms with E-state index in [-0.39, 0.29) is 5.91 Å². The average molecular weight is 335 g/mol. The second-order valence-corrected chi connectivity index (χ2v) is 6.51. The Hall–Kier alpha value is -2.73. The van der Waals surface area contributed by atoms with Crippen LogP contribution in [0, 0.1) is 6.92 Å². The van der Waals surface area contributed by atoms with Crippen LogP contribution in [-0.4, -0.2) is 51.2 Å². The maximum atomic E-state index is 12.8. The number of rotatable bonds is 2. The molecule has 1 saturated heterocycles. The topological polar surface area (TPSA) is 63.1 Å². The van der Waals surface area contributed by atoms with Gasteiger partial charge in [0.2, 0.25) is 0 Å². The van der Waals surface area contributed by atoms with Gasteiger partial charge in [0.05, 0.1) is 11.4 Å². The standard InChI is InChI=1S/C19H21N5O/c1-13-12-23(11-10-20-13)19(25)17-9-8-16-14(2)22-24(18(16)21-17)15-6-4-3-5-7-15/h3-9,13,20H,10-12H2,1-2H3/t13-/m1/s1. The molecular weight excluding hydrogens is 314 g/mol. The minimum absolute atomic E-state index is 0.0197. The second kappa shape index (κ2) is 6.29. The Kier molecular flexibility index (Phi) is 3.97. The fourth-order valence-corrected chi connectivity index (χ4v) is 3.29. The predicted molar refractivity (Wildman–Crippen MR) is 97.0 cm³/mol. The van der Waals surface area contributed by atoms with E-state index in [1.54, 1.807) is 6.07 Å². The van der Waals surface area contributed by atoms with Gasteiger partial charge in [0, 0.05) is 31.1 Å². The minimum Gasteiger partial charge on any atom is -0.334 e. The highest BCUT2D eigenvalue weighted by molar-refractivity contribution is 5.95. The van der Waals surface area contributed by atoms with Gasteiger partial charge >= 0.3 is 0 Å². The molecule has 6 heteroatoms. The summed E-state index contributed by atoms with van der Waals surface area (Å²) in [6.07, 6.45) is 0. The minimum atomic E-state index is -0.0197. The summed E-state index contributed by atoms with van der Waals surface area (Å²) < 4.78 is 1.81. The maximum Gasteiger partial charge on any atom is 0.272 e. The number of hydrogen-bond donors (Lipinski definition) is 1. The van der Waals surface area contributed by atoms with Crippen LogP contribution in [0.25, 0.3) is 16.7 Å². The molecular formula is C19H21N5O. The molecule has 1 aliphatic heterocycles. The van der Waals surface area contributed by atoms with Crippen LogP contribution in [0.5, 0.6) is 0 Å². The molecule has 1 amide bonds. The lowest BCUT2D eigenvalue weighted by atomic mass is 10.2. The van der Waals surface area contributed by atoms with Crippen LogP contribution in [0.2, 0.25) is 0 Å². The number of para-hydroxylation sites is 1. The first-order valence-electron chi connectivity index (χ1n) is 8.58. The molecule has 3 aromatic rings. The van der Waals surface area contributed by atoms with Crippen LogP contribution >= 0.6 is 0 Å². The molecule has 0 saturated carbocycles. The number of carbonyl (C=O) groups is 1. The summed E-state index contributed by atoms with van der Waals surface area (Å²) in [5.41, 5.74) is 3.03. The summed E-state index contributed by atoms with van der Waals surface area (Å²) >= 11 is 0. The molecule has 4 rings (SSSR count). The Morgan fingerprint density at radius 1 is 1.20 bits per heavy atom. The van der Waals surface area contributed by atoms with Crippen molar-refractivity contribution in [1.29, 1.82) is 0 Å². The van der Waals surface area contributed by atoms with Gasteiger partial charge in [-0.25, -0.2) is 9.67 Å². The van der Waals surface area contributed by atoms with E-state index in [1.807, 2.05) is 52.9 Å². The highest BCUT2D eigenvalue weighted by Crippen LogP contribution is 2.21. The summed E-state index contributed by atoms with van der Waals surface area (Å²) in [5.74, 6) is -0.0197. The number of aryl methyl sites for hydroxylation is 1. The fourth-order valence-electron chi connectivity index (χ4n) is 3.29. The maximum absolute atomic E-state index is 12.8. The molecule has 25 heavy (non-hydrogen) atoms. The van der Waals surface area contributed by atoms with E-state index in [0.717, 1.165) is 29.0 Å². The summed E-state index contributed by atoms with van der Waals surface area (Å²) in [7, 11) is 0. The number of pyridine rings is 1. The second-order valence-electron chi connectivity index (χ2n) is 6.51. The van der Waals surface area contributed by atoms with Crippen molar-refractivity contribution in [1.82, 2.24) is 25.0 Å². The van der Waals surface area contributed by atoms with Gasteiger partial charge in [-0.15, -0.1) is 0 Å². The van der Waals surface area contributed by atoms with Gasteiger partial charge in [-0.3, -0.25) is 4.79 Å². The molecule has 2 aromatic heterocycles. The molecule has 1 fully saturated rings. The van der Waals surface area contributed by atoms with E-state index in [1.165, 1.54) is 0 Å². The SMILES string of the molecule is Cc1nn(-c2ccccc2)c2nc(C(=O)N3CCN[C@H](C)C3)ccc12. The number of nitrogens with zero attached hydrogens (tertiary/aromatic N) is 4. The molecule has 1 aliphatic rings. The normalized spacial score (nSPS) is 17.8. The number of carbonyl (C=O) groups excluding carboxylic acids is 1. The van der Waals surface area contributed by atoms with Gasteiger partial charge in [-0.1, -0.05) is 18.2 Å². The van der Waals surface area contributed by atoms with Crippen LogP contribution in [0.1, 0.15) is 23.1 Å². The molecule has 0 spiro atoms. The van der Waals surface area contributed by atoms with Crippen molar-refractivity contribution >= 4 is 16.9 Å². The molecule has 1 N–H and O–H groups in total. The number of aromatic nitrogens is 3. The first-order chi connectivity index (χ1) is 12.1. The molecule has 128 valence electrons.